The molecule has 1 rings (SSSR count). The van der Waals surface area contributed by atoms with Crippen molar-refractivity contribution in [2.75, 3.05) is 11.9 Å². The number of pyridine rings is 1. The molecule has 1 aromatic heterocycles. The molecule has 0 aliphatic rings. The number of rotatable bonds is 4. The lowest BCUT2D eigenvalue weighted by molar-refractivity contribution is -0.123. The zero-order chi connectivity index (χ0) is 13.1. The van der Waals surface area contributed by atoms with Crippen LogP contribution < -0.4 is 16.6 Å². The Morgan fingerprint density at radius 1 is 1.44 bits per heavy atom. The summed E-state index contributed by atoms with van der Waals surface area (Å²) in [4.78, 5) is 23.2. The number of carbonyl (C=O) groups excluding carboxylic acids is 1. The van der Waals surface area contributed by atoms with E-state index in [4.69, 9.17) is 5.73 Å². The fourth-order valence-corrected chi connectivity index (χ4v) is 1.25. The van der Waals surface area contributed by atoms with Gasteiger partial charge in [-0.05, 0) is 26.8 Å². The highest BCUT2D eigenvalue weighted by Crippen LogP contribution is 2.16. The van der Waals surface area contributed by atoms with Gasteiger partial charge in [-0.25, -0.2) is 0 Å². The summed E-state index contributed by atoms with van der Waals surface area (Å²) in [7, 11) is 0. The fraction of sp³-hybridized carbons (Fsp3) is 0.500. The second-order valence-electron chi connectivity index (χ2n) is 4.58. The first-order valence-electron chi connectivity index (χ1n) is 5.62. The molecule has 0 aromatic carbocycles. The highest BCUT2D eigenvalue weighted by Gasteiger charge is 2.25. The standard InChI is InChI=1S/C12H19N3O2.ClH/c1-4-15-7-9(5-6-10(15)16)14-11(17)12(2,3)8-13;/h5-7H,4,8,13H2,1-3H3,(H,14,17);1H. The lowest BCUT2D eigenvalue weighted by atomic mass is 9.92. The molecule has 0 saturated heterocycles. The van der Waals surface area contributed by atoms with Gasteiger partial charge in [0.05, 0.1) is 11.1 Å². The minimum Gasteiger partial charge on any atom is -0.329 e. The first-order chi connectivity index (χ1) is 7.90. The number of nitrogens with zero attached hydrogens (tertiary/aromatic N) is 1. The van der Waals surface area contributed by atoms with Gasteiger partial charge in [0.2, 0.25) is 5.91 Å². The van der Waals surface area contributed by atoms with Crippen LogP contribution in [0.2, 0.25) is 0 Å². The van der Waals surface area contributed by atoms with Gasteiger partial charge in [-0.2, -0.15) is 0 Å². The topological polar surface area (TPSA) is 77.1 Å². The van der Waals surface area contributed by atoms with Crippen molar-refractivity contribution in [1.29, 1.82) is 0 Å². The van der Waals surface area contributed by atoms with Gasteiger partial charge in [0, 0.05) is 25.4 Å². The molecule has 1 aromatic rings. The van der Waals surface area contributed by atoms with Crippen molar-refractivity contribution in [2.24, 2.45) is 11.1 Å². The normalized spacial score (nSPS) is 10.7. The number of hydrogen-bond donors (Lipinski definition) is 2. The summed E-state index contributed by atoms with van der Waals surface area (Å²) in [6, 6.07) is 3.04. The summed E-state index contributed by atoms with van der Waals surface area (Å²) >= 11 is 0. The highest BCUT2D eigenvalue weighted by molar-refractivity contribution is 5.94. The number of aryl methyl sites for hydroxylation is 1. The Balaban J connectivity index is 0.00000289. The largest absolute Gasteiger partial charge is 0.329 e. The molecule has 0 radical (unpaired) electrons. The summed E-state index contributed by atoms with van der Waals surface area (Å²) < 4.78 is 1.53. The van der Waals surface area contributed by atoms with Gasteiger partial charge in [-0.3, -0.25) is 9.59 Å². The molecule has 1 heterocycles. The van der Waals surface area contributed by atoms with Gasteiger partial charge in [0.25, 0.3) is 5.56 Å². The van der Waals surface area contributed by atoms with Crippen LogP contribution in [0, 0.1) is 5.41 Å². The minimum absolute atomic E-state index is 0. The van der Waals surface area contributed by atoms with Crippen LogP contribution in [-0.4, -0.2) is 17.0 Å². The van der Waals surface area contributed by atoms with Crippen LogP contribution in [-0.2, 0) is 11.3 Å². The van der Waals surface area contributed by atoms with Crippen LogP contribution in [0.15, 0.2) is 23.1 Å². The van der Waals surface area contributed by atoms with E-state index >= 15 is 0 Å². The Morgan fingerprint density at radius 2 is 2.06 bits per heavy atom. The van der Waals surface area contributed by atoms with E-state index in [0.29, 0.717) is 12.2 Å². The maximum atomic E-state index is 11.9. The third-order valence-electron chi connectivity index (χ3n) is 2.71. The van der Waals surface area contributed by atoms with E-state index in [2.05, 4.69) is 5.32 Å². The Hall–Kier alpha value is -1.33. The van der Waals surface area contributed by atoms with Crippen LogP contribution in [0.5, 0.6) is 0 Å². The molecule has 0 atom stereocenters. The monoisotopic (exact) mass is 273 g/mol. The molecule has 1 amide bonds. The zero-order valence-electron chi connectivity index (χ0n) is 10.9. The third-order valence-corrected chi connectivity index (χ3v) is 2.71. The van der Waals surface area contributed by atoms with Gasteiger partial charge in [-0.1, -0.05) is 0 Å². The Kier molecular flexibility index (Phi) is 6.08. The molecule has 0 aliphatic heterocycles. The van der Waals surface area contributed by atoms with Crippen LogP contribution in [0.3, 0.4) is 0 Å². The summed E-state index contributed by atoms with van der Waals surface area (Å²) in [6.07, 6.45) is 1.63. The molecule has 0 saturated carbocycles. The van der Waals surface area contributed by atoms with E-state index < -0.39 is 5.41 Å². The summed E-state index contributed by atoms with van der Waals surface area (Å²) in [5.74, 6) is -0.152. The molecule has 5 nitrogen and oxygen atoms in total. The number of halogens is 1. The second-order valence-corrected chi connectivity index (χ2v) is 4.58. The predicted molar refractivity (Wildman–Crippen MR) is 75.1 cm³/mol. The first-order valence-corrected chi connectivity index (χ1v) is 5.62. The quantitative estimate of drug-likeness (QED) is 0.866. The van der Waals surface area contributed by atoms with Gasteiger partial charge >= 0.3 is 0 Å². The number of anilines is 1. The minimum atomic E-state index is -0.618. The molecule has 6 heteroatoms. The molecule has 0 fully saturated rings. The summed E-state index contributed by atoms with van der Waals surface area (Å²) in [6.45, 7) is 6.27. The molecule has 0 bridgehead atoms. The van der Waals surface area contributed by atoms with Crippen molar-refractivity contribution in [1.82, 2.24) is 4.57 Å². The first kappa shape index (κ1) is 16.7. The van der Waals surface area contributed by atoms with Crippen LogP contribution in [0.25, 0.3) is 0 Å². The van der Waals surface area contributed by atoms with Gasteiger partial charge in [-0.15, -0.1) is 12.4 Å². The smallest absolute Gasteiger partial charge is 0.250 e. The number of amides is 1. The molecular weight excluding hydrogens is 254 g/mol. The lowest BCUT2D eigenvalue weighted by Gasteiger charge is -2.21. The molecule has 3 N–H and O–H groups in total. The van der Waals surface area contributed by atoms with Crippen molar-refractivity contribution in [3.8, 4) is 0 Å². The second kappa shape index (κ2) is 6.56. The van der Waals surface area contributed by atoms with E-state index in [0.717, 1.165) is 0 Å². The Morgan fingerprint density at radius 3 is 2.56 bits per heavy atom. The number of carbonyl (C=O) groups is 1. The van der Waals surface area contributed by atoms with Crippen molar-refractivity contribution in [3.05, 3.63) is 28.7 Å². The SMILES string of the molecule is CCn1cc(NC(=O)C(C)(C)CN)ccc1=O.Cl. The van der Waals surface area contributed by atoms with Crippen LogP contribution in [0.4, 0.5) is 5.69 Å². The van der Waals surface area contributed by atoms with Crippen molar-refractivity contribution < 1.29 is 4.79 Å². The maximum absolute atomic E-state index is 11.9. The maximum Gasteiger partial charge on any atom is 0.250 e. The lowest BCUT2D eigenvalue weighted by Crippen LogP contribution is -2.37. The molecule has 0 spiro atoms. The number of nitrogens with one attached hydrogen (secondary N) is 1. The average Bonchev–Trinajstić information content (AvgIpc) is 2.31. The van der Waals surface area contributed by atoms with E-state index in [9.17, 15) is 9.59 Å². The van der Waals surface area contributed by atoms with Crippen molar-refractivity contribution >= 4 is 24.0 Å². The molecule has 18 heavy (non-hydrogen) atoms. The predicted octanol–water partition coefficient (Wildman–Crippen LogP) is 1.21. The highest BCUT2D eigenvalue weighted by atomic mass is 35.5. The van der Waals surface area contributed by atoms with E-state index in [1.807, 2.05) is 6.92 Å². The molecular formula is C12H20ClN3O2. The summed E-state index contributed by atoms with van der Waals surface area (Å²) in [5.41, 5.74) is 5.44. The summed E-state index contributed by atoms with van der Waals surface area (Å²) in [5, 5.41) is 2.76. The van der Waals surface area contributed by atoms with Crippen molar-refractivity contribution in [2.45, 2.75) is 27.3 Å². The number of aromatic nitrogens is 1. The number of nitrogens with two attached hydrogens (primary N) is 1. The van der Waals surface area contributed by atoms with E-state index in [1.165, 1.54) is 10.6 Å². The van der Waals surface area contributed by atoms with Crippen LogP contribution >= 0.6 is 12.4 Å². The van der Waals surface area contributed by atoms with Gasteiger partial charge in [0.15, 0.2) is 0 Å². The van der Waals surface area contributed by atoms with E-state index in [-0.39, 0.29) is 30.4 Å². The molecule has 0 aliphatic carbocycles. The van der Waals surface area contributed by atoms with Gasteiger partial charge < -0.3 is 15.6 Å². The van der Waals surface area contributed by atoms with Crippen molar-refractivity contribution in [3.63, 3.8) is 0 Å². The Labute approximate surface area is 113 Å². The Bertz CT molecular complexity index is 469. The third kappa shape index (κ3) is 3.85. The zero-order valence-corrected chi connectivity index (χ0v) is 11.7. The number of hydrogen-bond acceptors (Lipinski definition) is 3. The van der Waals surface area contributed by atoms with Crippen LogP contribution in [0.1, 0.15) is 20.8 Å². The fourth-order valence-electron chi connectivity index (χ4n) is 1.25. The van der Waals surface area contributed by atoms with E-state index in [1.54, 1.807) is 26.1 Å². The average molecular weight is 274 g/mol. The molecule has 0 unspecified atom stereocenters. The van der Waals surface area contributed by atoms with Gasteiger partial charge in [0.1, 0.15) is 0 Å². The molecule has 102 valence electrons.